The number of benzene rings is 1. The maximum absolute atomic E-state index is 12.6. The third-order valence-corrected chi connectivity index (χ3v) is 5.67. The molecule has 1 aromatic carbocycles. The second-order valence-electron chi connectivity index (χ2n) is 5.97. The van der Waals surface area contributed by atoms with Crippen molar-refractivity contribution in [1.82, 2.24) is 4.31 Å². The number of sulfonamides is 1. The van der Waals surface area contributed by atoms with Gasteiger partial charge in [-0.1, -0.05) is 20.8 Å². The summed E-state index contributed by atoms with van der Waals surface area (Å²) in [5.41, 5.74) is 5.87. The lowest BCUT2D eigenvalue weighted by Crippen LogP contribution is -2.43. The summed E-state index contributed by atoms with van der Waals surface area (Å²) < 4.78 is 31.7. The SMILES string of the molecule is COc1ccc(S(=O)(=O)N(C)C(C)C(C)(C)C)c(N)c1. The minimum Gasteiger partial charge on any atom is -0.497 e. The van der Waals surface area contributed by atoms with Crippen LogP contribution in [0.25, 0.3) is 0 Å². The van der Waals surface area contributed by atoms with E-state index >= 15 is 0 Å². The minimum absolute atomic E-state index is 0.108. The lowest BCUT2D eigenvalue weighted by Gasteiger charge is -2.34. The molecule has 0 aliphatic rings. The number of methoxy groups -OCH3 is 1. The first-order valence-electron chi connectivity index (χ1n) is 6.43. The van der Waals surface area contributed by atoms with E-state index in [1.807, 2.05) is 27.7 Å². The third kappa shape index (κ3) is 3.24. The maximum Gasteiger partial charge on any atom is 0.245 e. The summed E-state index contributed by atoms with van der Waals surface area (Å²) in [6, 6.07) is 4.44. The third-order valence-electron chi connectivity index (χ3n) is 3.67. The first-order chi connectivity index (χ1) is 9.01. The molecule has 0 spiro atoms. The molecule has 0 saturated heterocycles. The average molecular weight is 300 g/mol. The molecule has 20 heavy (non-hydrogen) atoms. The summed E-state index contributed by atoms with van der Waals surface area (Å²) in [5, 5.41) is 0. The van der Waals surface area contributed by atoms with E-state index in [1.165, 1.54) is 23.5 Å². The van der Waals surface area contributed by atoms with Crippen LogP contribution in [-0.2, 0) is 10.0 Å². The van der Waals surface area contributed by atoms with Crippen LogP contribution < -0.4 is 10.5 Å². The predicted octanol–water partition coefficient (Wildman–Crippen LogP) is 2.33. The van der Waals surface area contributed by atoms with E-state index in [-0.39, 0.29) is 22.0 Å². The molecule has 1 unspecified atom stereocenters. The summed E-state index contributed by atoms with van der Waals surface area (Å²) in [6.07, 6.45) is 0. The number of ether oxygens (including phenoxy) is 1. The molecular weight excluding hydrogens is 276 g/mol. The second kappa shape index (κ2) is 5.61. The molecular formula is C14H24N2O3S. The van der Waals surface area contributed by atoms with Crippen LogP contribution in [-0.4, -0.2) is 32.9 Å². The fourth-order valence-corrected chi connectivity index (χ4v) is 3.44. The van der Waals surface area contributed by atoms with Gasteiger partial charge in [-0.25, -0.2) is 8.42 Å². The highest BCUT2D eigenvalue weighted by atomic mass is 32.2. The van der Waals surface area contributed by atoms with Crippen LogP contribution in [0.5, 0.6) is 5.75 Å². The lowest BCUT2D eigenvalue weighted by atomic mass is 9.88. The molecule has 0 amide bonds. The number of anilines is 1. The van der Waals surface area contributed by atoms with Crippen LogP contribution in [0.3, 0.4) is 0 Å². The fraction of sp³-hybridized carbons (Fsp3) is 0.571. The summed E-state index contributed by atoms with van der Waals surface area (Å²) >= 11 is 0. The van der Waals surface area contributed by atoms with Gasteiger partial charge in [-0.3, -0.25) is 0 Å². The molecule has 0 aliphatic carbocycles. The summed E-state index contributed by atoms with van der Waals surface area (Å²) in [7, 11) is -0.535. The van der Waals surface area contributed by atoms with Crippen molar-refractivity contribution in [2.24, 2.45) is 5.41 Å². The van der Waals surface area contributed by atoms with E-state index in [1.54, 1.807) is 13.1 Å². The first-order valence-corrected chi connectivity index (χ1v) is 7.87. The molecule has 6 heteroatoms. The number of nitrogens with zero attached hydrogens (tertiary/aromatic N) is 1. The number of nitrogen functional groups attached to an aromatic ring is 1. The molecule has 114 valence electrons. The number of hydrogen-bond acceptors (Lipinski definition) is 4. The zero-order valence-corrected chi connectivity index (χ0v) is 13.8. The molecule has 1 rings (SSSR count). The number of rotatable bonds is 4. The Hall–Kier alpha value is -1.27. The maximum atomic E-state index is 12.6. The summed E-state index contributed by atoms with van der Waals surface area (Å²) in [4.78, 5) is 0.108. The Balaban J connectivity index is 3.24. The van der Waals surface area contributed by atoms with Crippen LogP contribution in [0.1, 0.15) is 27.7 Å². The Morgan fingerprint density at radius 3 is 2.25 bits per heavy atom. The molecule has 1 atom stereocenters. The van der Waals surface area contributed by atoms with Gasteiger partial charge in [-0.05, 0) is 24.5 Å². The van der Waals surface area contributed by atoms with Gasteiger partial charge in [-0.2, -0.15) is 4.31 Å². The quantitative estimate of drug-likeness (QED) is 0.866. The van der Waals surface area contributed by atoms with E-state index in [2.05, 4.69) is 0 Å². The zero-order valence-electron chi connectivity index (χ0n) is 13.0. The van der Waals surface area contributed by atoms with Crippen molar-refractivity contribution in [1.29, 1.82) is 0 Å². The van der Waals surface area contributed by atoms with Crippen molar-refractivity contribution in [3.63, 3.8) is 0 Å². The minimum atomic E-state index is -3.62. The Labute approximate surface area is 121 Å². The van der Waals surface area contributed by atoms with Crippen molar-refractivity contribution in [3.8, 4) is 5.75 Å². The van der Waals surface area contributed by atoms with E-state index in [4.69, 9.17) is 10.5 Å². The average Bonchev–Trinajstić information content (AvgIpc) is 2.35. The van der Waals surface area contributed by atoms with Gasteiger partial charge in [0.1, 0.15) is 10.6 Å². The van der Waals surface area contributed by atoms with Crippen molar-refractivity contribution >= 4 is 15.7 Å². The van der Waals surface area contributed by atoms with Gasteiger partial charge in [0.25, 0.3) is 0 Å². The topological polar surface area (TPSA) is 72.6 Å². The van der Waals surface area contributed by atoms with Crippen molar-refractivity contribution in [2.75, 3.05) is 19.9 Å². The van der Waals surface area contributed by atoms with Gasteiger partial charge in [0.05, 0.1) is 12.8 Å². The standard InChI is InChI=1S/C14H24N2O3S/c1-10(14(2,3)4)16(5)20(17,18)13-8-7-11(19-6)9-12(13)15/h7-10H,15H2,1-6H3. The Morgan fingerprint density at radius 2 is 1.85 bits per heavy atom. The first kappa shape index (κ1) is 16.8. The lowest BCUT2D eigenvalue weighted by molar-refractivity contribution is 0.216. The van der Waals surface area contributed by atoms with Gasteiger partial charge in [0.2, 0.25) is 10.0 Å². The molecule has 5 nitrogen and oxygen atoms in total. The monoisotopic (exact) mass is 300 g/mol. The molecule has 0 fully saturated rings. The summed E-state index contributed by atoms with van der Waals surface area (Å²) in [5.74, 6) is 0.535. The highest BCUT2D eigenvalue weighted by Gasteiger charge is 2.33. The Kier molecular flexibility index (Phi) is 4.71. The van der Waals surface area contributed by atoms with E-state index in [0.717, 1.165) is 0 Å². The molecule has 1 aromatic rings. The van der Waals surface area contributed by atoms with Gasteiger partial charge < -0.3 is 10.5 Å². The van der Waals surface area contributed by atoms with Crippen molar-refractivity contribution in [2.45, 2.75) is 38.6 Å². The smallest absolute Gasteiger partial charge is 0.245 e. The van der Waals surface area contributed by atoms with Crippen molar-refractivity contribution in [3.05, 3.63) is 18.2 Å². The van der Waals surface area contributed by atoms with Gasteiger partial charge >= 0.3 is 0 Å². The van der Waals surface area contributed by atoms with Crippen LogP contribution in [0.4, 0.5) is 5.69 Å². The molecule has 0 aromatic heterocycles. The van der Waals surface area contributed by atoms with Crippen LogP contribution >= 0.6 is 0 Å². The highest BCUT2D eigenvalue weighted by Crippen LogP contribution is 2.31. The second-order valence-corrected chi connectivity index (χ2v) is 7.93. The largest absolute Gasteiger partial charge is 0.497 e. The molecule has 0 bridgehead atoms. The van der Waals surface area contributed by atoms with Crippen LogP contribution in [0, 0.1) is 5.41 Å². The van der Waals surface area contributed by atoms with E-state index in [9.17, 15) is 8.42 Å². The highest BCUT2D eigenvalue weighted by molar-refractivity contribution is 7.89. The molecule has 0 aliphatic heterocycles. The zero-order chi connectivity index (χ0) is 15.7. The molecule has 0 heterocycles. The Morgan fingerprint density at radius 1 is 1.30 bits per heavy atom. The molecule has 0 radical (unpaired) electrons. The van der Waals surface area contributed by atoms with Crippen molar-refractivity contribution < 1.29 is 13.2 Å². The van der Waals surface area contributed by atoms with Gasteiger partial charge in [0, 0.05) is 19.2 Å². The Bertz CT molecular complexity index is 577. The fourth-order valence-electron chi connectivity index (χ4n) is 1.80. The van der Waals surface area contributed by atoms with Crippen LogP contribution in [0.15, 0.2) is 23.1 Å². The van der Waals surface area contributed by atoms with Crippen LogP contribution in [0.2, 0.25) is 0 Å². The molecule has 0 saturated carbocycles. The van der Waals surface area contributed by atoms with Gasteiger partial charge in [0.15, 0.2) is 0 Å². The normalized spacial score (nSPS) is 14.3. The van der Waals surface area contributed by atoms with E-state index < -0.39 is 10.0 Å². The van der Waals surface area contributed by atoms with Gasteiger partial charge in [-0.15, -0.1) is 0 Å². The predicted molar refractivity (Wildman–Crippen MR) is 81.3 cm³/mol. The molecule has 2 N–H and O–H groups in total. The number of nitrogens with two attached hydrogens (primary N) is 1. The summed E-state index contributed by atoms with van der Waals surface area (Å²) in [6.45, 7) is 7.89. The number of hydrogen-bond donors (Lipinski definition) is 1. The van der Waals surface area contributed by atoms with E-state index in [0.29, 0.717) is 5.75 Å².